The lowest BCUT2D eigenvalue weighted by atomic mass is 9.76. The quantitative estimate of drug-likeness (QED) is 0.700. The molecule has 0 aliphatic heterocycles. The highest BCUT2D eigenvalue weighted by Crippen LogP contribution is 2.38. The molecule has 1 fully saturated rings. The van der Waals surface area contributed by atoms with Crippen LogP contribution in [0.1, 0.15) is 44.9 Å². The first-order chi connectivity index (χ1) is 6.21. The predicted octanol–water partition coefficient (Wildman–Crippen LogP) is 2.94. The zero-order valence-corrected chi connectivity index (χ0v) is 8.47. The van der Waals surface area contributed by atoms with Gasteiger partial charge in [0, 0.05) is 5.41 Å². The number of halogens is 1. The largest absolute Gasteiger partial charge is 0.337 e. The second kappa shape index (κ2) is 3.29. The Bertz CT molecular complexity index is 292. The normalized spacial score (nSPS) is 21.7. The smallest absolute Gasteiger partial charge is 0.263 e. The van der Waals surface area contributed by atoms with Crippen LogP contribution < -0.4 is 0 Å². The van der Waals surface area contributed by atoms with E-state index in [1.165, 1.54) is 19.3 Å². The minimum Gasteiger partial charge on any atom is -0.337 e. The van der Waals surface area contributed by atoms with Gasteiger partial charge in [-0.3, -0.25) is 0 Å². The molecular formula is C9H13ClN2O. The third kappa shape index (κ3) is 1.70. The van der Waals surface area contributed by atoms with Gasteiger partial charge in [-0.2, -0.15) is 4.98 Å². The highest BCUT2D eigenvalue weighted by atomic mass is 35.5. The standard InChI is InChI=1S/C9H13ClN2O/c1-9(5-3-2-4-6-9)7-11-8(10)12-13-7/h2-6H2,1H3. The summed E-state index contributed by atoms with van der Waals surface area (Å²) < 4.78 is 5.11. The molecule has 13 heavy (non-hydrogen) atoms. The number of aromatic nitrogens is 2. The van der Waals surface area contributed by atoms with Gasteiger partial charge < -0.3 is 4.52 Å². The highest BCUT2D eigenvalue weighted by Gasteiger charge is 2.34. The highest BCUT2D eigenvalue weighted by molar-refractivity contribution is 6.28. The van der Waals surface area contributed by atoms with E-state index in [1.54, 1.807) is 0 Å². The van der Waals surface area contributed by atoms with Crippen molar-refractivity contribution >= 4 is 11.6 Å². The minimum absolute atomic E-state index is 0.0678. The SMILES string of the molecule is CC1(c2nc(Cl)no2)CCCCC1. The lowest BCUT2D eigenvalue weighted by Gasteiger charge is -2.29. The van der Waals surface area contributed by atoms with Gasteiger partial charge in [-0.05, 0) is 29.6 Å². The molecular weight excluding hydrogens is 188 g/mol. The summed E-state index contributed by atoms with van der Waals surface area (Å²) in [6.07, 6.45) is 6.07. The Kier molecular flexibility index (Phi) is 2.28. The molecule has 2 rings (SSSR count). The maximum atomic E-state index is 5.63. The first-order valence-electron chi connectivity index (χ1n) is 4.70. The van der Waals surface area contributed by atoms with E-state index in [0.717, 1.165) is 12.8 Å². The topological polar surface area (TPSA) is 38.9 Å². The molecule has 0 atom stereocenters. The molecule has 0 unspecified atom stereocenters. The summed E-state index contributed by atoms with van der Waals surface area (Å²) in [5.41, 5.74) is 0.0678. The first-order valence-corrected chi connectivity index (χ1v) is 5.08. The summed E-state index contributed by atoms with van der Waals surface area (Å²) in [6.45, 7) is 2.18. The summed E-state index contributed by atoms with van der Waals surface area (Å²) >= 11 is 5.63. The number of hydrogen-bond acceptors (Lipinski definition) is 3. The summed E-state index contributed by atoms with van der Waals surface area (Å²) in [5.74, 6) is 0.706. The van der Waals surface area contributed by atoms with Gasteiger partial charge in [0.25, 0.3) is 5.28 Å². The average Bonchev–Trinajstić information content (AvgIpc) is 2.54. The molecule has 0 amide bonds. The van der Waals surface area contributed by atoms with Gasteiger partial charge in [0.2, 0.25) is 5.89 Å². The Morgan fingerprint density at radius 2 is 2.00 bits per heavy atom. The van der Waals surface area contributed by atoms with Crippen molar-refractivity contribution in [2.75, 3.05) is 0 Å². The van der Waals surface area contributed by atoms with Crippen LogP contribution in [0.2, 0.25) is 5.28 Å². The Morgan fingerprint density at radius 1 is 1.31 bits per heavy atom. The number of rotatable bonds is 1. The van der Waals surface area contributed by atoms with Crippen molar-refractivity contribution in [1.29, 1.82) is 0 Å². The summed E-state index contributed by atoms with van der Waals surface area (Å²) in [7, 11) is 0. The molecule has 1 heterocycles. The van der Waals surface area contributed by atoms with Crippen LogP contribution in [0.15, 0.2) is 4.52 Å². The lowest BCUT2D eigenvalue weighted by Crippen LogP contribution is -2.25. The molecule has 4 heteroatoms. The lowest BCUT2D eigenvalue weighted by molar-refractivity contribution is 0.232. The van der Waals surface area contributed by atoms with Crippen molar-refractivity contribution in [3.05, 3.63) is 11.2 Å². The Morgan fingerprint density at radius 3 is 2.54 bits per heavy atom. The van der Waals surface area contributed by atoms with Crippen LogP contribution in [0.4, 0.5) is 0 Å². The van der Waals surface area contributed by atoms with Gasteiger partial charge in [-0.25, -0.2) is 0 Å². The molecule has 1 aliphatic carbocycles. The molecule has 1 aromatic heterocycles. The fraction of sp³-hybridized carbons (Fsp3) is 0.778. The molecule has 1 aromatic rings. The van der Waals surface area contributed by atoms with Crippen molar-refractivity contribution in [3.8, 4) is 0 Å². The fourth-order valence-electron chi connectivity index (χ4n) is 2.00. The van der Waals surface area contributed by atoms with Gasteiger partial charge in [0.15, 0.2) is 0 Å². The summed E-state index contributed by atoms with van der Waals surface area (Å²) in [5, 5.41) is 3.84. The van der Waals surface area contributed by atoms with Gasteiger partial charge >= 0.3 is 0 Å². The number of hydrogen-bond donors (Lipinski definition) is 0. The van der Waals surface area contributed by atoms with E-state index in [-0.39, 0.29) is 10.7 Å². The monoisotopic (exact) mass is 200 g/mol. The van der Waals surface area contributed by atoms with Crippen molar-refractivity contribution in [1.82, 2.24) is 10.1 Å². The van der Waals surface area contributed by atoms with Gasteiger partial charge in [-0.15, -0.1) is 0 Å². The minimum atomic E-state index is 0.0678. The zero-order chi connectivity index (χ0) is 9.31. The van der Waals surface area contributed by atoms with Crippen LogP contribution in [-0.4, -0.2) is 10.1 Å². The van der Waals surface area contributed by atoms with Crippen LogP contribution in [-0.2, 0) is 5.41 Å². The van der Waals surface area contributed by atoms with Crippen molar-refractivity contribution in [3.63, 3.8) is 0 Å². The van der Waals surface area contributed by atoms with Crippen LogP contribution >= 0.6 is 11.6 Å². The second-order valence-corrected chi connectivity index (χ2v) is 4.33. The maximum absolute atomic E-state index is 5.63. The molecule has 0 aromatic carbocycles. The van der Waals surface area contributed by atoms with Gasteiger partial charge in [-0.1, -0.05) is 26.2 Å². The molecule has 1 aliphatic rings. The fourth-order valence-corrected chi connectivity index (χ4v) is 2.11. The molecule has 0 spiro atoms. The molecule has 0 bridgehead atoms. The molecule has 0 radical (unpaired) electrons. The Hall–Kier alpha value is -0.570. The second-order valence-electron chi connectivity index (χ2n) is 3.99. The van der Waals surface area contributed by atoms with E-state index in [4.69, 9.17) is 16.1 Å². The molecule has 0 N–H and O–H groups in total. The van der Waals surface area contributed by atoms with E-state index in [9.17, 15) is 0 Å². The van der Waals surface area contributed by atoms with E-state index < -0.39 is 0 Å². The molecule has 1 saturated carbocycles. The molecule has 72 valence electrons. The van der Waals surface area contributed by atoms with Gasteiger partial charge in [0.05, 0.1) is 0 Å². The van der Waals surface area contributed by atoms with Crippen molar-refractivity contribution in [2.45, 2.75) is 44.4 Å². The van der Waals surface area contributed by atoms with E-state index in [0.29, 0.717) is 5.89 Å². The van der Waals surface area contributed by atoms with Gasteiger partial charge in [0.1, 0.15) is 0 Å². The third-order valence-electron chi connectivity index (χ3n) is 2.87. The Labute approximate surface area is 82.5 Å². The van der Waals surface area contributed by atoms with Crippen LogP contribution in [0.3, 0.4) is 0 Å². The summed E-state index contributed by atoms with van der Waals surface area (Å²) in [6, 6.07) is 0. The van der Waals surface area contributed by atoms with Crippen LogP contribution in [0.25, 0.3) is 0 Å². The summed E-state index contributed by atoms with van der Waals surface area (Å²) in [4.78, 5) is 4.09. The van der Waals surface area contributed by atoms with Crippen LogP contribution in [0.5, 0.6) is 0 Å². The van der Waals surface area contributed by atoms with Crippen molar-refractivity contribution < 1.29 is 4.52 Å². The molecule has 3 nitrogen and oxygen atoms in total. The third-order valence-corrected chi connectivity index (χ3v) is 3.03. The first kappa shape index (κ1) is 9.00. The van der Waals surface area contributed by atoms with Crippen LogP contribution in [0, 0.1) is 0 Å². The van der Waals surface area contributed by atoms with E-state index >= 15 is 0 Å². The molecule has 0 saturated heterocycles. The van der Waals surface area contributed by atoms with Crippen molar-refractivity contribution in [2.24, 2.45) is 0 Å². The van der Waals surface area contributed by atoms with E-state index in [1.807, 2.05) is 0 Å². The zero-order valence-electron chi connectivity index (χ0n) is 7.72. The Balaban J connectivity index is 2.22. The average molecular weight is 201 g/mol. The van der Waals surface area contributed by atoms with E-state index in [2.05, 4.69) is 17.1 Å². The maximum Gasteiger partial charge on any atom is 0.263 e. The predicted molar refractivity (Wildman–Crippen MR) is 49.7 cm³/mol. The number of nitrogens with zero attached hydrogens (tertiary/aromatic N) is 2.